The Morgan fingerprint density at radius 3 is 2.81 bits per heavy atom. The molecule has 0 amide bonds. The lowest BCUT2D eigenvalue weighted by molar-refractivity contribution is -0.136. The van der Waals surface area contributed by atoms with Crippen molar-refractivity contribution in [2.45, 2.75) is 13.8 Å². The molecule has 1 N–H and O–H groups in total. The normalized spacial score (nSPS) is 12.2. The smallest absolute Gasteiger partial charge is 0.343 e. The number of allylic oxidation sites excluding steroid dienone is 1. The van der Waals surface area contributed by atoms with Crippen LogP contribution in [0.4, 0.5) is 0 Å². The van der Waals surface area contributed by atoms with Crippen molar-refractivity contribution in [2.75, 3.05) is 12.5 Å². The van der Waals surface area contributed by atoms with Crippen molar-refractivity contribution in [2.24, 2.45) is 0 Å². The Morgan fingerprint density at radius 2 is 2.38 bits per heavy atom. The molecule has 1 heterocycles. The van der Waals surface area contributed by atoms with Crippen molar-refractivity contribution in [3.8, 4) is 0 Å². The number of halogens is 1. The Balaban J connectivity index is 3.12. The fraction of sp³-hybridized carbons (Fsp3) is 0.400. The number of rotatable bonds is 4. The number of carbonyl (C=O) groups excluding carboxylic acids is 1. The predicted octanol–water partition coefficient (Wildman–Crippen LogP) is 2.05. The van der Waals surface area contributed by atoms with E-state index in [9.17, 15) is 9.90 Å². The van der Waals surface area contributed by atoms with Crippen LogP contribution in [0, 0.1) is 6.92 Å². The molecule has 0 radical (unpaired) electrons. The summed E-state index contributed by atoms with van der Waals surface area (Å²) < 4.78 is 9.62. The second-order valence-electron chi connectivity index (χ2n) is 3.00. The van der Waals surface area contributed by atoms with Gasteiger partial charge in [0.25, 0.3) is 0 Å². The Hall–Kier alpha value is -1.49. The molecule has 0 aliphatic rings. The van der Waals surface area contributed by atoms with Gasteiger partial charge in [0, 0.05) is 6.07 Å². The number of nitrogens with zero attached hydrogens (tertiary/aromatic N) is 1. The number of aryl methyl sites for hydroxylation is 1. The van der Waals surface area contributed by atoms with Gasteiger partial charge in [0.15, 0.2) is 0 Å². The summed E-state index contributed by atoms with van der Waals surface area (Å²) >= 11 is 5.47. The number of aliphatic hydroxyl groups is 1. The topological polar surface area (TPSA) is 72.6 Å². The van der Waals surface area contributed by atoms with E-state index in [0.29, 0.717) is 5.76 Å². The average molecular weight is 246 g/mol. The maximum atomic E-state index is 11.6. The van der Waals surface area contributed by atoms with Gasteiger partial charge in [-0.25, -0.2) is 4.79 Å². The van der Waals surface area contributed by atoms with Crippen molar-refractivity contribution >= 4 is 23.1 Å². The summed E-state index contributed by atoms with van der Waals surface area (Å²) in [6.45, 7) is 3.55. The molecular formula is C10H12ClNO4. The lowest BCUT2D eigenvalue weighted by Crippen LogP contribution is -2.10. The summed E-state index contributed by atoms with van der Waals surface area (Å²) in [5.74, 6) is -0.624. The van der Waals surface area contributed by atoms with Gasteiger partial charge in [-0.15, -0.1) is 11.6 Å². The Bertz CT molecular complexity index is 411. The molecule has 0 aliphatic carbocycles. The highest BCUT2D eigenvalue weighted by molar-refractivity contribution is 6.23. The van der Waals surface area contributed by atoms with Crippen LogP contribution in [0.1, 0.15) is 18.4 Å². The molecular weight excluding hydrogens is 234 g/mol. The molecule has 16 heavy (non-hydrogen) atoms. The first kappa shape index (κ1) is 12.6. The van der Waals surface area contributed by atoms with Crippen LogP contribution >= 0.6 is 11.6 Å². The van der Waals surface area contributed by atoms with Crippen molar-refractivity contribution < 1.29 is 19.2 Å². The zero-order valence-electron chi connectivity index (χ0n) is 8.99. The molecule has 88 valence electrons. The minimum absolute atomic E-state index is 0.0614. The number of hydrogen-bond acceptors (Lipinski definition) is 5. The van der Waals surface area contributed by atoms with Gasteiger partial charge in [-0.2, -0.15) is 0 Å². The molecule has 5 nitrogen and oxygen atoms in total. The number of esters is 1. The van der Waals surface area contributed by atoms with Crippen molar-refractivity contribution in [1.29, 1.82) is 0 Å². The third kappa shape index (κ3) is 2.76. The number of aromatic nitrogens is 1. The minimum Gasteiger partial charge on any atom is -0.510 e. The summed E-state index contributed by atoms with van der Waals surface area (Å²) in [5, 5.41) is 13.2. The first-order valence-electron chi connectivity index (χ1n) is 4.69. The summed E-state index contributed by atoms with van der Waals surface area (Å²) in [6.07, 6.45) is 0. The summed E-state index contributed by atoms with van der Waals surface area (Å²) in [7, 11) is 0. The summed E-state index contributed by atoms with van der Waals surface area (Å²) in [6, 6.07) is 1.52. The van der Waals surface area contributed by atoms with Gasteiger partial charge in [0.2, 0.25) is 0 Å². The molecule has 0 saturated heterocycles. The van der Waals surface area contributed by atoms with Crippen LogP contribution in [0.3, 0.4) is 0 Å². The monoisotopic (exact) mass is 245 g/mol. The molecule has 0 atom stereocenters. The molecule has 1 aromatic rings. The maximum Gasteiger partial charge on any atom is 0.343 e. The zero-order chi connectivity index (χ0) is 12.1. The van der Waals surface area contributed by atoms with Gasteiger partial charge < -0.3 is 14.4 Å². The van der Waals surface area contributed by atoms with E-state index in [-0.39, 0.29) is 29.5 Å². The van der Waals surface area contributed by atoms with Gasteiger partial charge in [-0.3, -0.25) is 0 Å². The Morgan fingerprint density at radius 1 is 1.69 bits per heavy atom. The van der Waals surface area contributed by atoms with E-state index in [1.54, 1.807) is 13.8 Å². The predicted molar refractivity (Wildman–Crippen MR) is 58.1 cm³/mol. The summed E-state index contributed by atoms with van der Waals surface area (Å²) in [4.78, 5) is 11.6. The molecule has 0 spiro atoms. The highest BCUT2D eigenvalue weighted by atomic mass is 35.5. The highest BCUT2D eigenvalue weighted by Crippen LogP contribution is 2.19. The average Bonchev–Trinajstić information content (AvgIpc) is 2.65. The Kier molecular flexibility index (Phi) is 4.37. The largest absolute Gasteiger partial charge is 0.510 e. The van der Waals surface area contributed by atoms with Crippen LogP contribution in [0.15, 0.2) is 16.3 Å². The molecule has 0 aliphatic heterocycles. The second-order valence-corrected chi connectivity index (χ2v) is 3.27. The summed E-state index contributed by atoms with van der Waals surface area (Å²) in [5.41, 5.74) is 0.155. The van der Waals surface area contributed by atoms with Gasteiger partial charge >= 0.3 is 5.97 Å². The van der Waals surface area contributed by atoms with Gasteiger partial charge in [0.1, 0.15) is 22.8 Å². The number of hydrogen-bond donors (Lipinski definition) is 1. The highest BCUT2D eigenvalue weighted by Gasteiger charge is 2.21. The van der Waals surface area contributed by atoms with Crippen molar-refractivity contribution in [1.82, 2.24) is 5.16 Å². The first-order valence-corrected chi connectivity index (χ1v) is 5.22. The van der Waals surface area contributed by atoms with Gasteiger partial charge in [0.05, 0.1) is 12.5 Å². The van der Waals surface area contributed by atoms with Crippen LogP contribution in [0.2, 0.25) is 0 Å². The number of carbonyl (C=O) groups is 1. The quantitative estimate of drug-likeness (QED) is 0.380. The molecule has 6 heteroatoms. The van der Waals surface area contributed by atoms with E-state index in [2.05, 4.69) is 5.16 Å². The standard InChI is InChI=1S/C10H12ClNO4/c1-3-15-10(14)9(8(13)5-11)7-4-6(2)16-12-7/h4,13H,3,5H2,1-2H3/b9-8+. The van der Waals surface area contributed by atoms with E-state index in [1.165, 1.54) is 6.07 Å². The van der Waals surface area contributed by atoms with Gasteiger partial charge in [-0.05, 0) is 13.8 Å². The van der Waals surface area contributed by atoms with Crippen LogP contribution in [-0.4, -0.2) is 28.7 Å². The van der Waals surface area contributed by atoms with Crippen molar-refractivity contribution in [3.63, 3.8) is 0 Å². The van der Waals surface area contributed by atoms with E-state index >= 15 is 0 Å². The minimum atomic E-state index is -0.672. The first-order chi connectivity index (χ1) is 7.60. The molecule has 0 saturated carbocycles. The third-order valence-electron chi connectivity index (χ3n) is 1.78. The van der Waals surface area contributed by atoms with E-state index in [0.717, 1.165) is 0 Å². The van der Waals surface area contributed by atoms with Crippen LogP contribution in [0.5, 0.6) is 0 Å². The van der Waals surface area contributed by atoms with Crippen LogP contribution < -0.4 is 0 Å². The lowest BCUT2D eigenvalue weighted by Gasteiger charge is -2.05. The third-order valence-corrected chi connectivity index (χ3v) is 2.03. The Labute approximate surface area is 97.6 Å². The molecule has 1 rings (SSSR count). The van der Waals surface area contributed by atoms with E-state index < -0.39 is 5.97 Å². The molecule has 0 bridgehead atoms. The number of alkyl halides is 1. The molecule has 0 aromatic carbocycles. The fourth-order valence-corrected chi connectivity index (χ4v) is 1.26. The molecule has 0 fully saturated rings. The molecule has 0 unspecified atom stereocenters. The zero-order valence-corrected chi connectivity index (χ0v) is 9.74. The van der Waals surface area contributed by atoms with Gasteiger partial charge in [-0.1, -0.05) is 5.16 Å². The fourth-order valence-electron chi connectivity index (χ4n) is 1.12. The number of ether oxygens (including phenoxy) is 1. The SMILES string of the molecule is CCOC(=O)/C(=C(/O)CCl)c1cc(C)on1. The van der Waals surface area contributed by atoms with E-state index in [1.807, 2.05) is 0 Å². The number of aliphatic hydroxyl groups excluding tert-OH is 1. The van der Waals surface area contributed by atoms with Crippen LogP contribution in [0.25, 0.3) is 5.57 Å². The van der Waals surface area contributed by atoms with E-state index in [4.69, 9.17) is 20.9 Å². The van der Waals surface area contributed by atoms with Crippen molar-refractivity contribution in [3.05, 3.63) is 23.3 Å². The molecule has 1 aromatic heterocycles. The second kappa shape index (κ2) is 5.55. The van der Waals surface area contributed by atoms with Crippen LogP contribution in [-0.2, 0) is 9.53 Å². The lowest BCUT2D eigenvalue weighted by atomic mass is 10.1. The maximum absolute atomic E-state index is 11.6.